The van der Waals surface area contributed by atoms with Crippen molar-refractivity contribution in [2.45, 2.75) is 6.92 Å². The van der Waals surface area contributed by atoms with Gasteiger partial charge in [0.05, 0.1) is 5.56 Å². The van der Waals surface area contributed by atoms with Gasteiger partial charge >= 0.3 is 0 Å². The Hall–Kier alpha value is -2.36. The van der Waals surface area contributed by atoms with Crippen molar-refractivity contribution in [3.8, 4) is 0 Å². The normalized spacial score (nSPS) is 10.4. The summed E-state index contributed by atoms with van der Waals surface area (Å²) in [5.74, 6) is -1.10. The minimum absolute atomic E-state index is 0.286. The molecule has 1 amide bonds. The Kier molecular flexibility index (Phi) is 3.51. The molecule has 0 aliphatic carbocycles. The van der Waals surface area contributed by atoms with Gasteiger partial charge in [-0.3, -0.25) is 9.59 Å². The third kappa shape index (κ3) is 2.17. The predicted octanol–water partition coefficient (Wildman–Crippen LogP) is 1.97. The molecule has 19 heavy (non-hydrogen) atoms. The number of nitrogens with one attached hydrogen (secondary N) is 1. The van der Waals surface area contributed by atoms with Crippen molar-refractivity contribution in [1.29, 1.82) is 0 Å². The number of carbonyl (C=O) groups is 2. The molecular formula is C15H16N2O2. The monoisotopic (exact) mass is 256 g/mol. The smallest absolute Gasteiger partial charge is 0.292 e. The van der Waals surface area contributed by atoms with Crippen LogP contribution in [0.3, 0.4) is 0 Å². The topological polar surface area (TPSA) is 51.1 Å². The van der Waals surface area contributed by atoms with Crippen LogP contribution in [0.2, 0.25) is 0 Å². The number of aryl methyl sites for hydroxylation is 1. The summed E-state index contributed by atoms with van der Waals surface area (Å²) in [4.78, 5) is 24.0. The Labute approximate surface area is 111 Å². The second-order valence-electron chi connectivity index (χ2n) is 4.36. The van der Waals surface area contributed by atoms with Crippen molar-refractivity contribution >= 4 is 22.6 Å². The van der Waals surface area contributed by atoms with Crippen molar-refractivity contribution in [3.05, 3.63) is 48.2 Å². The van der Waals surface area contributed by atoms with E-state index in [4.69, 9.17) is 0 Å². The summed E-state index contributed by atoms with van der Waals surface area (Å²) < 4.78 is 1.92. The first-order valence-corrected chi connectivity index (χ1v) is 6.05. The number of nitrogens with zero attached hydrogens (tertiary/aromatic N) is 1. The van der Waals surface area contributed by atoms with Gasteiger partial charge in [0.25, 0.3) is 11.7 Å². The van der Waals surface area contributed by atoms with Crippen molar-refractivity contribution in [3.63, 3.8) is 0 Å². The van der Waals surface area contributed by atoms with E-state index in [1.54, 1.807) is 6.08 Å². The van der Waals surface area contributed by atoms with Crippen LogP contribution in [0, 0.1) is 6.92 Å². The van der Waals surface area contributed by atoms with Gasteiger partial charge in [0, 0.05) is 30.2 Å². The molecule has 0 saturated heterocycles. The van der Waals surface area contributed by atoms with Crippen LogP contribution in [0.25, 0.3) is 10.9 Å². The maximum atomic E-state index is 12.2. The van der Waals surface area contributed by atoms with Crippen molar-refractivity contribution in [2.75, 3.05) is 6.54 Å². The summed E-state index contributed by atoms with van der Waals surface area (Å²) in [7, 11) is 1.89. The Morgan fingerprint density at radius 2 is 2.05 bits per heavy atom. The fourth-order valence-corrected chi connectivity index (χ4v) is 2.17. The number of rotatable bonds is 4. The predicted molar refractivity (Wildman–Crippen MR) is 75.2 cm³/mol. The Morgan fingerprint density at radius 3 is 2.74 bits per heavy atom. The lowest BCUT2D eigenvalue weighted by Gasteiger charge is -2.02. The molecule has 0 unspecified atom stereocenters. The van der Waals surface area contributed by atoms with Gasteiger partial charge in [-0.25, -0.2) is 0 Å². The number of amides is 1. The highest BCUT2D eigenvalue weighted by Crippen LogP contribution is 2.25. The van der Waals surface area contributed by atoms with Crippen molar-refractivity contribution < 1.29 is 9.59 Å². The maximum absolute atomic E-state index is 12.2. The first kappa shape index (κ1) is 13.1. The highest BCUT2D eigenvalue weighted by molar-refractivity contribution is 6.45. The van der Waals surface area contributed by atoms with E-state index >= 15 is 0 Å². The van der Waals surface area contributed by atoms with E-state index in [9.17, 15) is 9.59 Å². The molecule has 2 rings (SSSR count). The molecule has 0 aliphatic rings. The van der Waals surface area contributed by atoms with Gasteiger partial charge in [-0.05, 0) is 13.0 Å². The van der Waals surface area contributed by atoms with Crippen LogP contribution < -0.4 is 5.32 Å². The highest BCUT2D eigenvalue weighted by atomic mass is 16.2. The SMILES string of the molecule is C=CCNC(=O)C(=O)c1c(C)n(C)c2ccccc12. The largest absolute Gasteiger partial charge is 0.347 e. The fraction of sp³-hybridized carbons (Fsp3) is 0.200. The molecule has 98 valence electrons. The number of carbonyl (C=O) groups excluding carboxylic acids is 2. The quantitative estimate of drug-likeness (QED) is 0.516. The van der Waals surface area contributed by atoms with Gasteiger partial charge in [-0.1, -0.05) is 24.3 Å². The average Bonchev–Trinajstić information content (AvgIpc) is 2.68. The molecule has 1 heterocycles. The van der Waals surface area contributed by atoms with Crippen LogP contribution in [0.5, 0.6) is 0 Å². The van der Waals surface area contributed by atoms with Crippen LogP contribution in [-0.4, -0.2) is 22.8 Å². The Balaban J connectivity index is 2.50. The number of Topliss-reactive ketones (excluding diaryl/α,β-unsaturated/α-hetero) is 1. The van der Waals surface area contributed by atoms with E-state index < -0.39 is 11.7 Å². The summed E-state index contributed by atoms with van der Waals surface area (Å²) in [6.07, 6.45) is 1.54. The van der Waals surface area contributed by atoms with E-state index in [0.717, 1.165) is 16.6 Å². The van der Waals surface area contributed by atoms with E-state index in [2.05, 4.69) is 11.9 Å². The summed E-state index contributed by atoms with van der Waals surface area (Å²) in [6, 6.07) is 7.56. The molecule has 2 aromatic rings. The van der Waals surface area contributed by atoms with E-state index in [-0.39, 0.29) is 6.54 Å². The molecule has 0 atom stereocenters. The molecule has 0 bridgehead atoms. The summed E-state index contributed by atoms with van der Waals surface area (Å²) in [5, 5.41) is 3.32. The Morgan fingerprint density at radius 1 is 1.37 bits per heavy atom. The molecule has 0 spiro atoms. The molecule has 4 heteroatoms. The number of ketones is 1. The molecule has 1 aromatic heterocycles. The van der Waals surface area contributed by atoms with Gasteiger partial charge in [-0.15, -0.1) is 6.58 Å². The number of fused-ring (bicyclic) bond motifs is 1. The third-order valence-corrected chi connectivity index (χ3v) is 3.24. The zero-order valence-corrected chi connectivity index (χ0v) is 11.1. The minimum Gasteiger partial charge on any atom is -0.347 e. The van der Waals surface area contributed by atoms with E-state index in [0.29, 0.717) is 5.56 Å². The lowest BCUT2D eigenvalue weighted by Crippen LogP contribution is -2.31. The third-order valence-electron chi connectivity index (χ3n) is 3.24. The lowest BCUT2D eigenvalue weighted by atomic mass is 10.1. The summed E-state index contributed by atoms with van der Waals surface area (Å²) in [5.41, 5.74) is 2.21. The van der Waals surface area contributed by atoms with Crippen LogP contribution in [0.15, 0.2) is 36.9 Å². The Bertz CT molecular complexity index is 668. The number of para-hydroxylation sites is 1. The minimum atomic E-state index is -0.598. The van der Waals surface area contributed by atoms with Gasteiger partial charge in [-0.2, -0.15) is 0 Å². The fourth-order valence-electron chi connectivity index (χ4n) is 2.17. The first-order valence-electron chi connectivity index (χ1n) is 6.05. The molecule has 0 saturated carbocycles. The molecule has 1 N–H and O–H groups in total. The molecule has 0 fully saturated rings. The van der Waals surface area contributed by atoms with Crippen molar-refractivity contribution in [2.24, 2.45) is 7.05 Å². The summed E-state index contributed by atoms with van der Waals surface area (Å²) in [6.45, 7) is 5.63. The molecule has 0 radical (unpaired) electrons. The number of benzene rings is 1. The van der Waals surface area contributed by atoms with E-state index in [1.165, 1.54) is 0 Å². The second-order valence-corrected chi connectivity index (χ2v) is 4.36. The van der Waals surface area contributed by atoms with Gasteiger partial charge in [0.1, 0.15) is 0 Å². The van der Waals surface area contributed by atoms with Crippen LogP contribution in [0.4, 0.5) is 0 Å². The van der Waals surface area contributed by atoms with Gasteiger partial charge < -0.3 is 9.88 Å². The zero-order valence-electron chi connectivity index (χ0n) is 11.1. The highest BCUT2D eigenvalue weighted by Gasteiger charge is 2.23. The molecule has 1 aromatic carbocycles. The zero-order chi connectivity index (χ0) is 14.0. The first-order chi connectivity index (χ1) is 9.07. The van der Waals surface area contributed by atoms with Crippen LogP contribution in [-0.2, 0) is 11.8 Å². The maximum Gasteiger partial charge on any atom is 0.292 e. The van der Waals surface area contributed by atoms with Gasteiger partial charge in [0.2, 0.25) is 0 Å². The standard InChI is InChI=1S/C15H16N2O2/c1-4-9-16-15(19)14(18)13-10(2)17(3)12-8-6-5-7-11(12)13/h4-8H,1,9H2,2-3H3,(H,16,19). The van der Waals surface area contributed by atoms with Gasteiger partial charge in [0.15, 0.2) is 0 Å². The second kappa shape index (κ2) is 5.10. The molecular weight excluding hydrogens is 240 g/mol. The molecule has 4 nitrogen and oxygen atoms in total. The number of hydrogen-bond donors (Lipinski definition) is 1. The van der Waals surface area contributed by atoms with Crippen LogP contribution in [0.1, 0.15) is 16.1 Å². The lowest BCUT2D eigenvalue weighted by molar-refractivity contribution is -0.116. The number of aromatic nitrogens is 1. The number of hydrogen-bond acceptors (Lipinski definition) is 2. The van der Waals surface area contributed by atoms with Crippen molar-refractivity contribution in [1.82, 2.24) is 9.88 Å². The van der Waals surface area contributed by atoms with E-state index in [1.807, 2.05) is 42.8 Å². The van der Waals surface area contributed by atoms with Crippen LogP contribution >= 0.6 is 0 Å². The summed E-state index contributed by atoms with van der Waals surface area (Å²) >= 11 is 0. The average molecular weight is 256 g/mol. The molecule has 0 aliphatic heterocycles.